The summed E-state index contributed by atoms with van der Waals surface area (Å²) in [5.74, 6) is 8.58. The number of hydrogen-bond acceptors (Lipinski definition) is 15. The van der Waals surface area contributed by atoms with Crippen molar-refractivity contribution in [2.45, 2.75) is 105 Å². The lowest BCUT2D eigenvalue weighted by Gasteiger charge is -2.36. The van der Waals surface area contributed by atoms with Crippen molar-refractivity contribution in [3.63, 3.8) is 0 Å². The Morgan fingerprint density at radius 3 is 1.52 bits per heavy atom. The minimum Gasteiger partial charge on any atom is -0.493 e. The highest BCUT2D eigenvalue weighted by atomic mass is 32.1. The van der Waals surface area contributed by atoms with Crippen LogP contribution in [0.1, 0.15) is 102 Å². The SMILES string of the molecule is C.C.C.C.C.C.C.C.C.c1cc2c3c(c1)OCCN3CCC2.c1cc2c3c(ccnc3c1)CCO2.c1ccc2c(c1)CCCO2.c1ccc2c(c1)CCO2.c1ccc2c(c1)NCCO2.c1ccc2c(c1)OCCO2.c1ccc2c(c1)OCO2.c1ccc2occc2c1.c1ccc2scnc2c1. The van der Waals surface area contributed by atoms with Gasteiger partial charge in [-0.05, 0) is 145 Å². The van der Waals surface area contributed by atoms with E-state index in [2.05, 4.69) is 68.7 Å². The van der Waals surface area contributed by atoms with Gasteiger partial charge in [0.05, 0.1) is 65.2 Å². The molecule has 3 aromatic heterocycles. The summed E-state index contributed by atoms with van der Waals surface area (Å²) in [6, 6.07) is 72.3. The van der Waals surface area contributed by atoms with Crippen LogP contribution in [-0.2, 0) is 25.7 Å². The van der Waals surface area contributed by atoms with Crippen molar-refractivity contribution in [1.29, 1.82) is 0 Å². The van der Waals surface area contributed by atoms with Gasteiger partial charge in [0.25, 0.3) is 0 Å². The fourth-order valence-electron chi connectivity index (χ4n) is 11.2. The van der Waals surface area contributed by atoms with Crippen molar-refractivity contribution in [2.24, 2.45) is 0 Å². The number of pyridine rings is 1. The van der Waals surface area contributed by atoms with Gasteiger partial charge in [-0.25, -0.2) is 4.98 Å². The van der Waals surface area contributed by atoms with Crippen LogP contribution in [0, 0.1) is 0 Å². The quantitative estimate of drug-likeness (QED) is 0.154. The number of nitrogens with zero attached hydrogens (tertiary/aromatic N) is 3. The van der Waals surface area contributed by atoms with Crippen LogP contribution in [0.3, 0.4) is 0 Å². The van der Waals surface area contributed by atoms with E-state index in [4.69, 9.17) is 47.0 Å². The number of nitrogens with one attached hydrogen (secondary N) is 1. The van der Waals surface area contributed by atoms with Gasteiger partial charge >= 0.3 is 0 Å². The van der Waals surface area contributed by atoms with E-state index in [0.29, 0.717) is 20.0 Å². The summed E-state index contributed by atoms with van der Waals surface area (Å²) in [4.78, 5) is 10.9. The Kier molecular flexibility index (Phi) is 37.5. The molecule has 8 aliphatic heterocycles. The van der Waals surface area contributed by atoms with E-state index < -0.39 is 0 Å². The standard InChI is InChI=1S/C11H13NO.C11H9NO.C9H10O.C8H9NO.C8H8O2.C8H8O.C8H6O.C7H5NS.C7H6O2.9CH4/c1-3-9-4-2-6-12-7-8-13-10(5-1)11(9)12;1-2-9-11-8(4-6-12-9)5-7-13-10(11)3-1;1-2-6-9-8(4-1)5-3-7-10-9;2*1-2-4-8-7(3-1)9-5-6-10-8;2*1-2-4-8-7(3-1)5-6-9-8;2*1-2-4-7-6(3-1)8-5-9-7;;;;;;;;;/h1,3,5H,2,4,6-8H2;1-4,6H,5,7H2;1-2,4,6H,3,5,7H2;1-4,9H,5-6H2;1-4H,5-6H2;1-4H,5-6H2;1-6H;1-5H;1-4H,5H2;9*1H4. The lowest BCUT2D eigenvalue weighted by atomic mass is 10.0. The molecule has 101 heavy (non-hydrogen) atoms. The van der Waals surface area contributed by atoms with Gasteiger partial charge in [0.1, 0.15) is 60.8 Å². The molecule has 540 valence electrons. The summed E-state index contributed by atoms with van der Waals surface area (Å²) in [5.41, 5.74) is 12.9. The van der Waals surface area contributed by atoms with E-state index in [1.807, 2.05) is 182 Å². The molecule has 0 saturated heterocycles. The molecule has 0 saturated carbocycles. The molecule has 0 aliphatic carbocycles. The third-order valence-electron chi connectivity index (χ3n) is 15.6. The van der Waals surface area contributed by atoms with Gasteiger partial charge in [-0.3, -0.25) is 4.98 Å². The summed E-state index contributed by atoms with van der Waals surface area (Å²) in [5, 5.41) is 5.59. The molecule has 0 radical (unpaired) electrons. The van der Waals surface area contributed by atoms with Crippen LogP contribution in [0.4, 0.5) is 11.4 Å². The molecule has 0 amide bonds. The van der Waals surface area contributed by atoms with Gasteiger partial charge in [0.15, 0.2) is 23.0 Å². The van der Waals surface area contributed by atoms with Gasteiger partial charge in [0, 0.05) is 42.9 Å². The maximum atomic E-state index is 5.63. The highest BCUT2D eigenvalue weighted by Gasteiger charge is 2.24. The van der Waals surface area contributed by atoms with Crippen LogP contribution in [0.15, 0.2) is 241 Å². The third kappa shape index (κ3) is 23.4. The smallest absolute Gasteiger partial charge is 0.231 e. The molecule has 0 fully saturated rings. The van der Waals surface area contributed by atoms with Crippen LogP contribution in [0.2, 0.25) is 0 Å². The maximum Gasteiger partial charge on any atom is 0.231 e. The minimum absolute atomic E-state index is 0. The lowest BCUT2D eigenvalue weighted by molar-refractivity contribution is 0.171. The molecule has 0 atom stereocenters. The van der Waals surface area contributed by atoms with Gasteiger partial charge in [-0.1, -0.05) is 188 Å². The Hall–Kier alpha value is -10.4. The summed E-state index contributed by atoms with van der Waals surface area (Å²) >= 11 is 1.68. The first-order chi connectivity index (χ1) is 45.7. The largest absolute Gasteiger partial charge is 0.493 e. The average molecular weight is 1390 g/mol. The van der Waals surface area contributed by atoms with Crippen LogP contribution < -0.4 is 52.8 Å². The van der Waals surface area contributed by atoms with Crippen molar-refractivity contribution in [3.05, 3.63) is 259 Å². The molecule has 12 aromatic rings. The van der Waals surface area contributed by atoms with Gasteiger partial charge in [0.2, 0.25) is 6.79 Å². The van der Waals surface area contributed by atoms with Crippen LogP contribution in [-0.4, -0.2) is 82.6 Å². The minimum atomic E-state index is 0. The summed E-state index contributed by atoms with van der Waals surface area (Å²) in [6.45, 7) is 9.02. The molecule has 0 bridgehead atoms. The second-order valence-corrected chi connectivity index (χ2v) is 22.6. The van der Waals surface area contributed by atoms with Crippen molar-refractivity contribution in [1.82, 2.24) is 9.97 Å². The maximum absolute atomic E-state index is 5.63. The van der Waals surface area contributed by atoms with Crippen LogP contribution in [0.25, 0.3) is 32.1 Å². The number of thiazole rings is 1. The Morgan fingerprint density at radius 1 is 0.347 bits per heavy atom. The number of aromatic nitrogens is 2. The number of para-hydroxylation sites is 11. The second-order valence-electron chi connectivity index (χ2n) is 21.7. The molecular formula is C86H110N4O10S. The fourth-order valence-corrected chi connectivity index (χ4v) is 11.9. The first kappa shape index (κ1) is 84.8. The lowest BCUT2D eigenvalue weighted by Crippen LogP contribution is -2.36. The number of fused-ring (bicyclic) bond motifs is 7. The summed E-state index contributed by atoms with van der Waals surface area (Å²) < 4.78 is 54.4. The molecule has 14 nitrogen and oxygen atoms in total. The first-order valence-electron chi connectivity index (χ1n) is 31.4. The van der Waals surface area contributed by atoms with E-state index in [9.17, 15) is 0 Å². The van der Waals surface area contributed by atoms with Crippen molar-refractivity contribution >= 4 is 54.8 Å². The number of aryl methyl sites for hydroxylation is 2. The van der Waals surface area contributed by atoms with E-state index in [0.717, 1.165) is 145 Å². The zero-order valence-electron chi connectivity index (χ0n) is 51.4. The number of furan rings is 1. The number of anilines is 2. The average Bonchev–Trinajstić information content (AvgIpc) is 1.76. The zero-order valence-corrected chi connectivity index (χ0v) is 52.2. The Bertz CT molecular complexity index is 3780. The molecule has 9 aromatic carbocycles. The number of benzene rings is 9. The molecule has 1 N–H and O–H groups in total. The van der Waals surface area contributed by atoms with Gasteiger partial charge in [-0.15, -0.1) is 11.3 Å². The Labute approximate surface area is 607 Å². The molecule has 8 aliphatic rings. The molecule has 0 unspecified atom stereocenters. The number of hydrogen-bond donors (Lipinski definition) is 1. The third-order valence-corrected chi connectivity index (χ3v) is 16.5. The van der Waals surface area contributed by atoms with Crippen LogP contribution >= 0.6 is 11.3 Å². The van der Waals surface area contributed by atoms with Gasteiger partial charge < -0.3 is 57.3 Å². The zero-order chi connectivity index (χ0) is 62.2. The monoisotopic (exact) mass is 1390 g/mol. The van der Waals surface area contributed by atoms with Crippen molar-refractivity contribution in [3.8, 4) is 51.7 Å². The first-order valence-corrected chi connectivity index (χ1v) is 32.3. The fraction of sp³-hybridized carbons (Fsp3) is 0.302. The Balaban J connectivity index is 0.000000293. The molecule has 15 heteroatoms. The number of rotatable bonds is 0. The van der Waals surface area contributed by atoms with E-state index >= 15 is 0 Å². The molecular weight excluding hydrogens is 1280 g/mol. The predicted molar refractivity (Wildman–Crippen MR) is 426 cm³/mol. The molecule has 20 rings (SSSR count). The topological polar surface area (TPSA) is 137 Å². The molecule has 0 spiro atoms. The van der Waals surface area contributed by atoms with E-state index in [-0.39, 0.29) is 66.8 Å². The van der Waals surface area contributed by atoms with Crippen LogP contribution in [0.5, 0.6) is 51.7 Å². The van der Waals surface area contributed by atoms with Crippen molar-refractivity contribution < 1.29 is 47.0 Å². The predicted octanol–water partition coefficient (Wildman–Crippen LogP) is 22.5. The summed E-state index contributed by atoms with van der Waals surface area (Å²) in [7, 11) is 0. The normalized spacial score (nSPS) is 13.1. The highest BCUT2D eigenvalue weighted by Crippen LogP contribution is 2.39. The Morgan fingerprint density at radius 2 is 0.851 bits per heavy atom. The van der Waals surface area contributed by atoms with E-state index in [1.54, 1.807) is 17.6 Å². The summed E-state index contributed by atoms with van der Waals surface area (Å²) in [6.07, 6.45) is 10.5. The van der Waals surface area contributed by atoms with Crippen molar-refractivity contribution in [2.75, 3.05) is 82.9 Å². The van der Waals surface area contributed by atoms with Gasteiger partial charge in [-0.2, -0.15) is 0 Å². The number of ether oxygens (including phenoxy) is 9. The second kappa shape index (κ2) is 44.6. The highest BCUT2D eigenvalue weighted by molar-refractivity contribution is 7.16. The molecule has 11 heterocycles. The van der Waals surface area contributed by atoms with E-state index in [1.165, 1.54) is 63.8 Å².